The fourth-order valence-electron chi connectivity index (χ4n) is 1.32. The summed E-state index contributed by atoms with van der Waals surface area (Å²) in [5.74, 6) is -0.0370. The number of ether oxygens (including phenoxy) is 1. The van der Waals surface area contributed by atoms with Crippen LogP contribution in [0.15, 0.2) is 24.3 Å². The Labute approximate surface area is 94.6 Å². The average molecular weight is 220 g/mol. The Hall–Kier alpha value is -1.84. The number of hydrogen-bond acceptors (Lipinski definition) is 3. The predicted molar refractivity (Wildman–Crippen MR) is 60.5 cm³/mol. The summed E-state index contributed by atoms with van der Waals surface area (Å²) in [7, 11) is 0. The van der Waals surface area contributed by atoms with Crippen molar-refractivity contribution in [2.24, 2.45) is 0 Å². The molecule has 0 bridgehead atoms. The highest BCUT2D eigenvalue weighted by Gasteiger charge is 2.05. The molecule has 0 aliphatic heterocycles. The van der Waals surface area contributed by atoms with Gasteiger partial charge in [-0.05, 0) is 12.5 Å². The molecule has 1 N–H and O–H groups in total. The molecule has 0 heterocycles. The van der Waals surface area contributed by atoms with Crippen molar-refractivity contribution in [2.45, 2.75) is 26.4 Å². The van der Waals surface area contributed by atoms with Gasteiger partial charge in [0.2, 0.25) is 5.91 Å². The van der Waals surface area contributed by atoms with Gasteiger partial charge < -0.3 is 10.1 Å². The second-order valence-corrected chi connectivity index (χ2v) is 3.33. The molecule has 1 aromatic rings. The monoisotopic (exact) mass is 220 g/mol. The van der Waals surface area contributed by atoms with E-state index in [0.29, 0.717) is 12.1 Å². The van der Waals surface area contributed by atoms with Gasteiger partial charge in [0.25, 0.3) is 0 Å². The number of hydrogen-bond donors (Lipinski definition) is 1. The first kappa shape index (κ1) is 12.2. The average Bonchev–Trinajstić information content (AvgIpc) is 2.28. The lowest BCUT2D eigenvalue weighted by atomic mass is 10.2. The van der Waals surface area contributed by atoms with Crippen LogP contribution in [-0.4, -0.2) is 12.4 Å². The van der Waals surface area contributed by atoms with E-state index in [1.165, 1.54) is 6.47 Å². The van der Waals surface area contributed by atoms with E-state index in [1.54, 1.807) is 12.1 Å². The van der Waals surface area contributed by atoms with Crippen LogP contribution in [-0.2, 0) is 20.9 Å². The molecular weight excluding hydrogens is 206 g/mol. The van der Waals surface area contributed by atoms with Crippen molar-refractivity contribution in [3.63, 3.8) is 0 Å². The van der Waals surface area contributed by atoms with Crippen LogP contribution in [0.4, 0.5) is 5.69 Å². The van der Waals surface area contributed by atoms with Crippen LogP contribution in [0.1, 0.15) is 25.3 Å². The van der Waals surface area contributed by atoms with Crippen molar-refractivity contribution >= 4 is 18.1 Å². The lowest BCUT2D eigenvalue weighted by molar-refractivity contribution is -0.116. The molecule has 4 nitrogen and oxygen atoms in total. The first-order chi connectivity index (χ1) is 7.77. The van der Waals surface area contributed by atoms with Crippen molar-refractivity contribution < 1.29 is 14.3 Å². The maximum atomic E-state index is 11.4. The highest BCUT2D eigenvalue weighted by atomic mass is 16.5. The fraction of sp³-hybridized carbons (Fsp3) is 0.333. The maximum Gasteiger partial charge on any atom is 0.417 e. The summed E-state index contributed by atoms with van der Waals surface area (Å²) in [6, 6.07) is 7.20. The summed E-state index contributed by atoms with van der Waals surface area (Å²) in [5.41, 5.74) is 1.44. The zero-order chi connectivity index (χ0) is 11.8. The zero-order valence-electron chi connectivity index (χ0n) is 9.16. The van der Waals surface area contributed by atoms with E-state index in [2.05, 4.69) is 10.1 Å². The highest BCUT2D eigenvalue weighted by molar-refractivity contribution is 5.91. The second kappa shape index (κ2) is 6.61. The lowest BCUT2D eigenvalue weighted by Gasteiger charge is -2.09. The van der Waals surface area contributed by atoms with Crippen LogP contribution in [0.5, 0.6) is 0 Å². The Balaban J connectivity index is 2.70. The molecule has 1 aromatic carbocycles. The van der Waals surface area contributed by atoms with Crippen LogP contribution < -0.4 is 5.32 Å². The molecule has 16 heavy (non-hydrogen) atoms. The minimum atomic E-state index is -0.0370. The molecule has 0 aliphatic carbocycles. The molecule has 0 aliphatic rings. The summed E-state index contributed by atoms with van der Waals surface area (Å²) in [5, 5.41) is 2.77. The van der Waals surface area contributed by atoms with Crippen LogP contribution in [0.2, 0.25) is 0 Å². The van der Waals surface area contributed by atoms with Crippen molar-refractivity contribution in [2.75, 3.05) is 5.32 Å². The van der Waals surface area contributed by atoms with Gasteiger partial charge in [-0.1, -0.05) is 25.1 Å². The van der Waals surface area contributed by atoms with Crippen LogP contribution in [0.3, 0.4) is 0 Å². The summed E-state index contributed by atoms with van der Waals surface area (Å²) in [6.45, 7) is 3.42. The van der Waals surface area contributed by atoms with Gasteiger partial charge in [-0.2, -0.15) is 0 Å². The van der Waals surface area contributed by atoms with Gasteiger partial charge in [0, 0.05) is 17.7 Å². The minimum absolute atomic E-state index is 0.0370. The number of anilines is 1. The van der Waals surface area contributed by atoms with Gasteiger partial charge in [0.1, 0.15) is 6.61 Å². The fourth-order valence-corrected chi connectivity index (χ4v) is 1.32. The minimum Gasteiger partial charge on any atom is -0.452 e. The Morgan fingerprint density at radius 3 is 2.88 bits per heavy atom. The molecule has 0 aromatic heterocycles. The molecule has 1 rings (SSSR count). The first-order valence-electron chi connectivity index (χ1n) is 5.14. The third-order valence-corrected chi connectivity index (χ3v) is 2.06. The van der Waals surface area contributed by atoms with E-state index in [0.717, 1.165) is 12.0 Å². The van der Waals surface area contributed by atoms with E-state index in [4.69, 9.17) is 0 Å². The molecule has 0 atom stereocenters. The van der Waals surface area contributed by atoms with E-state index in [9.17, 15) is 9.59 Å². The van der Waals surface area contributed by atoms with Crippen molar-refractivity contribution in [1.82, 2.24) is 0 Å². The number of nitrogens with one attached hydrogen (secondary N) is 1. The van der Waals surface area contributed by atoms with E-state index >= 15 is 0 Å². The second-order valence-electron chi connectivity index (χ2n) is 3.33. The molecule has 0 saturated heterocycles. The number of amides is 1. The molecule has 0 spiro atoms. The molecule has 0 unspecified atom stereocenters. The van der Waals surface area contributed by atoms with Gasteiger partial charge in [-0.3, -0.25) is 4.79 Å². The summed E-state index contributed by atoms with van der Waals surface area (Å²) >= 11 is 0. The molecule has 1 amide bonds. The van der Waals surface area contributed by atoms with E-state index in [1.807, 2.05) is 19.1 Å². The lowest BCUT2D eigenvalue weighted by Crippen LogP contribution is -2.12. The Bertz CT molecular complexity index is 363. The highest BCUT2D eigenvalue weighted by Crippen LogP contribution is 2.16. The van der Waals surface area contributed by atoms with Gasteiger partial charge in [-0.25, -0.2) is 4.79 Å². The SMILES string of the molecule is CCCC(=O)Nc1ccccc1CO[C]=O. The molecule has 85 valence electrons. The number of para-hydroxylation sites is 1. The van der Waals surface area contributed by atoms with E-state index in [-0.39, 0.29) is 12.5 Å². The zero-order valence-corrected chi connectivity index (χ0v) is 9.16. The van der Waals surface area contributed by atoms with Gasteiger partial charge in [0.05, 0.1) is 0 Å². The molecule has 0 fully saturated rings. The summed E-state index contributed by atoms with van der Waals surface area (Å²) in [6.07, 6.45) is 1.28. The number of carbonyl (C=O) groups excluding carboxylic acids is 2. The van der Waals surface area contributed by atoms with Crippen molar-refractivity contribution in [3.05, 3.63) is 29.8 Å². The summed E-state index contributed by atoms with van der Waals surface area (Å²) < 4.78 is 4.54. The third kappa shape index (κ3) is 3.73. The molecule has 0 saturated carbocycles. The summed E-state index contributed by atoms with van der Waals surface area (Å²) in [4.78, 5) is 21.4. The quantitative estimate of drug-likeness (QED) is 0.797. The Kier molecular flexibility index (Phi) is 5.05. The van der Waals surface area contributed by atoms with Crippen LogP contribution in [0, 0.1) is 0 Å². The van der Waals surface area contributed by atoms with Crippen molar-refractivity contribution in [1.29, 1.82) is 0 Å². The third-order valence-electron chi connectivity index (χ3n) is 2.06. The van der Waals surface area contributed by atoms with Crippen LogP contribution >= 0.6 is 0 Å². The maximum absolute atomic E-state index is 11.4. The molecule has 4 heteroatoms. The predicted octanol–water partition coefficient (Wildman–Crippen LogP) is 2.01. The number of rotatable bonds is 6. The topological polar surface area (TPSA) is 55.4 Å². The standard InChI is InChI=1S/C12H14NO3/c1-2-5-12(15)13-11-7-4-3-6-10(11)8-16-9-14/h3-4,6-7H,2,5,8H2,1H3,(H,13,15). The normalized spacial score (nSPS) is 9.56. The number of benzene rings is 1. The smallest absolute Gasteiger partial charge is 0.417 e. The first-order valence-corrected chi connectivity index (χ1v) is 5.14. The van der Waals surface area contributed by atoms with Gasteiger partial charge >= 0.3 is 6.47 Å². The largest absolute Gasteiger partial charge is 0.452 e. The Morgan fingerprint density at radius 2 is 2.19 bits per heavy atom. The van der Waals surface area contributed by atoms with Crippen molar-refractivity contribution in [3.8, 4) is 0 Å². The molecular formula is C12H14NO3. The Morgan fingerprint density at radius 1 is 1.44 bits per heavy atom. The number of carbonyl (C=O) groups is 1. The van der Waals surface area contributed by atoms with Gasteiger partial charge in [0.15, 0.2) is 0 Å². The van der Waals surface area contributed by atoms with Crippen LogP contribution in [0.25, 0.3) is 0 Å². The van der Waals surface area contributed by atoms with Gasteiger partial charge in [-0.15, -0.1) is 0 Å². The van der Waals surface area contributed by atoms with E-state index < -0.39 is 0 Å². The molecule has 1 radical (unpaired) electrons.